The lowest BCUT2D eigenvalue weighted by atomic mass is 9.97. The second kappa shape index (κ2) is 13.0. The number of para-hydroxylation sites is 4. The Balaban J connectivity index is 1.24. The average Bonchev–Trinajstić information content (AvgIpc) is 3.88. The van der Waals surface area contributed by atoms with Crippen LogP contribution in [0.25, 0.3) is 106 Å². The van der Waals surface area contributed by atoms with E-state index in [1.165, 1.54) is 12.1 Å². The van der Waals surface area contributed by atoms with Gasteiger partial charge in [0.2, 0.25) is 0 Å². The van der Waals surface area contributed by atoms with Crippen LogP contribution in [0, 0.1) is 0 Å². The fourth-order valence-electron chi connectivity index (χ4n) is 7.69. The van der Waals surface area contributed by atoms with Crippen LogP contribution in [-0.2, 0) is 0 Å². The molecule has 3 heterocycles. The lowest BCUT2D eigenvalue weighted by Gasteiger charge is -2.17. The fraction of sp³-hybridized carbons (Fsp3) is 0. The molecule has 5 heteroatoms. The summed E-state index contributed by atoms with van der Waals surface area (Å²) in [6.45, 7) is 0. The maximum Gasteiger partial charge on any atom is 0.164 e. The summed E-state index contributed by atoms with van der Waals surface area (Å²) >= 11 is 0. The van der Waals surface area contributed by atoms with E-state index >= 15 is 0 Å². The standard InChI is InChI=1S/C51H32N4O/c1-3-16-33(17-4-1)36-20-7-8-24-42(36)51-53-49(34-18-5-2-6-19-34)52-50(54-51)35-30-31-46(55-44-27-12-9-21-37(44)38-22-10-13-28-45(38)55)43(32-35)41-26-15-25-40-39-23-11-14-29-47(39)56-48(40)41/h1-32H/i9D,10D,21D,22D,27D,28D. The Bertz CT molecular complexity index is 3530. The van der Waals surface area contributed by atoms with Crippen LogP contribution < -0.4 is 0 Å². The number of fused-ring (bicyclic) bond motifs is 6. The van der Waals surface area contributed by atoms with E-state index in [0.29, 0.717) is 51.0 Å². The third-order valence-corrected chi connectivity index (χ3v) is 10.2. The van der Waals surface area contributed by atoms with Crippen LogP contribution in [0.5, 0.6) is 0 Å². The normalized spacial score (nSPS) is 13.1. The second-order valence-electron chi connectivity index (χ2n) is 13.5. The number of hydrogen-bond donors (Lipinski definition) is 0. The molecule has 3 aromatic heterocycles. The molecule has 0 atom stereocenters. The number of rotatable bonds is 6. The van der Waals surface area contributed by atoms with Crippen LogP contribution in [0.3, 0.4) is 0 Å². The first kappa shape index (κ1) is 26.2. The molecule has 0 unspecified atom stereocenters. The van der Waals surface area contributed by atoms with Gasteiger partial charge in [0.15, 0.2) is 17.5 Å². The largest absolute Gasteiger partial charge is 0.455 e. The molecule has 5 nitrogen and oxygen atoms in total. The highest BCUT2D eigenvalue weighted by molar-refractivity contribution is 6.12. The minimum absolute atomic E-state index is 0.0498. The summed E-state index contributed by atoms with van der Waals surface area (Å²) in [4.78, 5) is 15.3. The summed E-state index contributed by atoms with van der Waals surface area (Å²) < 4.78 is 62.0. The highest BCUT2D eigenvalue weighted by atomic mass is 16.3. The van der Waals surface area contributed by atoms with Crippen LogP contribution in [0.15, 0.2) is 198 Å². The van der Waals surface area contributed by atoms with Crippen molar-refractivity contribution in [3.8, 4) is 62.1 Å². The monoisotopic (exact) mass is 722 g/mol. The maximum atomic E-state index is 9.23. The molecule has 0 bridgehead atoms. The van der Waals surface area contributed by atoms with Gasteiger partial charge in [-0.15, -0.1) is 0 Å². The predicted octanol–water partition coefficient (Wildman–Crippen LogP) is 13.2. The third kappa shape index (κ3) is 5.21. The van der Waals surface area contributed by atoms with Crippen molar-refractivity contribution in [2.75, 3.05) is 0 Å². The van der Waals surface area contributed by atoms with Gasteiger partial charge in [0.25, 0.3) is 0 Å². The van der Waals surface area contributed by atoms with Crippen molar-refractivity contribution in [3.63, 3.8) is 0 Å². The summed E-state index contributed by atoms with van der Waals surface area (Å²) in [5, 5.41) is 2.18. The average molecular weight is 723 g/mol. The maximum absolute atomic E-state index is 9.23. The molecule has 0 radical (unpaired) electrons. The van der Waals surface area contributed by atoms with Crippen molar-refractivity contribution in [3.05, 3.63) is 194 Å². The van der Waals surface area contributed by atoms with Gasteiger partial charge in [-0.1, -0.05) is 158 Å². The SMILES string of the molecule is [2H]c1cc([2H])c2c(c1[2H])c1c([2H])c([2H])cc([2H])c1n2-c1ccc(-c2nc(-c3ccccc3)nc(-c3ccccc3-c3ccccc3)n2)cc1-c1cccc2c1oc1ccccc12. The molecular formula is C51H32N4O. The Morgan fingerprint density at radius 3 is 1.75 bits per heavy atom. The van der Waals surface area contributed by atoms with Gasteiger partial charge >= 0.3 is 0 Å². The van der Waals surface area contributed by atoms with E-state index in [9.17, 15) is 2.74 Å². The van der Waals surface area contributed by atoms with Crippen molar-refractivity contribution in [1.29, 1.82) is 0 Å². The molecule has 11 aromatic rings. The zero-order valence-electron chi connectivity index (χ0n) is 35.7. The summed E-state index contributed by atoms with van der Waals surface area (Å²) in [5.41, 5.74) is 8.01. The van der Waals surface area contributed by atoms with Crippen molar-refractivity contribution < 1.29 is 12.6 Å². The molecule has 0 saturated heterocycles. The number of aromatic nitrogens is 4. The number of furan rings is 1. The second-order valence-corrected chi connectivity index (χ2v) is 13.5. The van der Waals surface area contributed by atoms with Gasteiger partial charge in [-0.05, 0) is 47.5 Å². The molecule has 0 fully saturated rings. The van der Waals surface area contributed by atoms with E-state index < -0.39 is 0 Å². The topological polar surface area (TPSA) is 56.7 Å². The van der Waals surface area contributed by atoms with Gasteiger partial charge in [0.1, 0.15) is 11.2 Å². The Labute approximate surface area is 331 Å². The molecule has 0 aliphatic heterocycles. The summed E-state index contributed by atoms with van der Waals surface area (Å²) in [6.07, 6.45) is 0. The van der Waals surface area contributed by atoms with E-state index in [1.54, 1.807) is 4.57 Å². The van der Waals surface area contributed by atoms with E-state index in [1.807, 2.05) is 127 Å². The Hall–Kier alpha value is -7.63. The van der Waals surface area contributed by atoms with E-state index in [2.05, 4.69) is 18.2 Å². The zero-order chi connectivity index (χ0) is 42.2. The van der Waals surface area contributed by atoms with Crippen LogP contribution in [-0.4, -0.2) is 19.5 Å². The highest BCUT2D eigenvalue weighted by Gasteiger charge is 2.22. The van der Waals surface area contributed by atoms with Gasteiger partial charge < -0.3 is 8.98 Å². The summed E-state index contributed by atoms with van der Waals surface area (Å²) in [5.74, 6) is 1.38. The zero-order valence-corrected chi connectivity index (χ0v) is 29.7. The number of nitrogens with zero attached hydrogens (tertiary/aromatic N) is 4. The Morgan fingerprint density at radius 2 is 1.00 bits per heavy atom. The van der Waals surface area contributed by atoms with Crippen molar-refractivity contribution in [2.24, 2.45) is 0 Å². The molecule has 0 aliphatic rings. The molecule has 8 aromatic carbocycles. The smallest absolute Gasteiger partial charge is 0.164 e. The van der Waals surface area contributed by atoms with Gasteiger partial charge in [-0.2, -0.15) is 0 Å². The highest BCUT2D eigenvalue weighted by Crippen LogP contribution is 2.42. The fourth-order valence-corrected chi connectivity index (χ4v) is 7.69. The Morgan fingerprint density at radius 1 is 0.411 bits per heavy atom. The first-order valence-corrected chi connectivity index (χ1v) is 18.3. The van der Waals surface area contributed by atoms with E-state index in [4.69, 9.17) is 24.9 Å². The molecular weight excluding hydrogens is 685 g/mol. The predicted molar refractivity (Wildman–Crippen MR) is 229 cm³/mol. The summed E-state index contributed by atoms with van der Waals surface area (Å²) in [7, 11) is 0. The molecule has 0 amide bonds. The number of benzene rings is 8. The van der Waals surface area contributed by atoms with Gasteiger partial charge in [-0.25, -0.2) is 15.0 Å². The molecule has 11 rings (SSSR count). The Kier molecular flexibility index (Phi) is 6.10. The third-order valence-electron chi connectivity index (χ3n) is 10.2. The lowest BCUT2D eigenvalue weighted by Crippen LogP contribution is -2.02. The van der Waals surface area contributed by atoms with Crippen molar-refractivity contribution in [2.45, 2.75) is 0 Å². The van der Waals surface area contributed by atoms with Crippen LogP contribution in [0.2, 0.25) is 0 Å². The van der Waals surface area contributed by atoms with Crippen molar-refractivity contribution >= 4 is 43.7 Å². The molecule has 0 N–H and O–H groups in total. The van der Waals surface area contributed by atoms with Crippen LogP contribution >= 0.6 is 0 Å². The van der Waals surface area contributed by atoms with Crippen LogP contribution in [0.4, 0.5) is 0 Å². The van der Waals surface area contributed by atoms with Gasteiger partial charge in [-0.3, -0.25) is 0 Å². The summed E-state index contributed by atoms with van der Waals surface area (Å²) in [6, 6.07) is 49.2. The van der Waals surface area contributed by atoms with Gasteiger partial charge in [0, 0.05) is 49.4 Å². The molecule has 0 aliphatic carbocycles. The first-order valence-electron chi connectivity index (χ1n) is 21.3. The van der Waals surface area contributed by atoms with Crippen molar-refractivity contribution in [1.82, 2.24) is 19.5 Å². The van der Waals surface area contributed by atoms with Crippen LogP contribution in [0.1, 0.15) is 8.22 Å². The van der Waals surface area contributed by atoms with E-state index in [-0.39, 0.29) is 58.1 Å². The number of hydrogen-bond acceptors (Lipinski definition) is 4. The molecule has 262 valence electrons. The van der Waals surface area contributed by atoms with E-state index in [0.717, 1.165) is 33.0 Å². The minimum atomic E-state index is -0.183. The van der Waals surface area contributed by atoms with Gasteiger partial charge in [0.05, 0.1) is 24.9 Å². The minimum Gasteiger partial charge on any atom is -0.455 e. The quantitative estimate of drug-likeness (QED) is 0.171. The molecule has 0 spiro atoms. The lowest BCUT2D eigenvalue weighted by molar-refractivity contribution is 0.670. The molecule has 56 heavy (non-hydrogen) atoms. The molecule has 0 saturated carbocycles. The first-order chi connectivity index (χ1) is 30.2.